The third kappa shape index (κ3) is 52.1. The van der Waals surface area contributed by atoms with Gasteiger partial charge in [0.05, 0.1) is 0 Å². The first-order valence-corrected chi connectivity index (χ1v) is 28.3. The molecule has 0 aromatic heterocycles. The van der Waals surface area contributed by atoms with Crippen LogP contribution >= 0.6 is 0 Å². The fraction of sp³-hybridized carbons (Fsp3) is 0.783. The number of ether oxygens (including phenoxy) is 3. The van der Waals surface area contributed by atoms with Crippen molar-refractivity contribution in [3.63, 3.8) is 0 Å². The minimum atomic E-state index is -0.802. The lowest BCUT2D eigenvalue weighted by atomic mass is 10.1. The SMILES string of the molecule is CCCCCCCC/C=C\C/C=C\C/C=C\CCCC(=O)OCC(COC(=O)CCCCC/C=C\CCCCCCCCC)OC(=O)CCCCCCCCC/C=C\CCCCCCCC. The molecule has 0 aliphatic carbocycles. The van der Waals surface area contributed by atoms with Gasteiger partial charge in [-0.2, -0.15) is 0 Å². The number of allylic oxidation sites excluding steroid dienone is 10. The second kappa shape index (κ2) is 54.7. The lowest BCUT2D eigenvalue weighted by Gasteiger charge is -2.18. The van der Waals surface area contributed by atoms with Gasteiger partial charge in [-0.1, -0.05) is 223 Å². The fourth-order valence-corrected chi connectivity index (χ4v) is 7.92. The summed E-state index contributed by atoms with van der Waals surface area (Å²) in [6.45, 7) is 6.58. The van der Waals surface area contributed by atoms with Crippen LogP contribution in [0.4, 0.5) is 0 Å². The number of esters is 3. The molecule has 66 heavy (non-hydrogen) atoms. The van der Waals surface area contributed by atoms with Crippen LogP contribution < -0.4 is 0 Å². The summed E-state index contributed by atoms with van der Waals surface area (Å²) in [6, 6.07) is 0. The first-order valence-electron chi connectivity index (χ1n) is 28.3. The van der Waals surface area contributed by atoms with E-state index in [9.17, 15) is 14.4 Å². The van der Waals surface area contributed by atoms with Gasteiger partial charge < -0.3 is 14.2 Å². The molecule has 0 bridgehead atoms. The van der Waals surface area contributed by atoms with E-state index in [2.05, 4.69) is 81.5 Å². The Hall–Kier alpha value is -2.89. The van der Waals surface area contributed by atoms with Gasteiger partial charge in [0.2, 0.25) is 0 Å². The molecule has 0 rings (SSSR count). The minimum Gasteiger partial charge on any atom is -0.462 e. The number of rotatable bonds is 51. The average Bonchev–Trinajstić information content (AvgIpc) is 3.31. The highest BCUT2D eigenvalue weighted by Crippen LogP contribution is 2.14. The summed E-state index contributed by atoms with van der Waals surface area (Å²) in [5, 5.41) is 0. The van der Waals surface area contributed by atoms with E-state index >= 15 is 0 Å². The zero-order valence-electron chi connectivity index (χ0n) is 43.7. The van der Waals surface area contributed by atoms with E-state index in [0.29, 0.717) is 19.3 Å². The minimum absolute atomic E-state index is 0.0986. The van der Waals surface area contributed by atoms with Crippen molar-refractivity contribution >= 4 is 17.9 Å². The van der Waals surface area contributed by atoms with Crippen molar-refractivity contribution in [2.24, 2.45) is 0 Å². The normalized spacial score (nSPS) is 12.5. The van der Waals surface area contributed by atoms with Crippen LogP contribution in [-0.4, -0.2) is 37.2 Å². The molecule has 1 atom stereocenters. The number of carbonyl (C=O) groups is 3. The molecule has 0 radical (unpaired) electrons. The molecule has 0 aromatic rings. The van der Waals surface area contributed by atoms with E-state index < -0.39 is 6.10 Å². The summed E-state index contributed by atoms with van der Waals surface area (Å²) in [4.78, 5) is 38.1. The van der Waals surface area contributed by atoms with Gasteiger partial charge in [0, 0.05) is 19.3 Å². The molecule has 0 heterocycles. The standard InChI is InChI=1S/C60H106O6/c1-4-7-10-13-16-19-22-25-28-30-32-35-38-41-44-47-50-53-59(62)65-56-57(55-64-58(61)52-49-46-43-40-37-34-27-24-21-18-15-12-9-6-3)66-60(63)54-51-48-45-42-39-36-33-31-29-26-23-20-17-14-11-8-5-2/h25-26,28-29,32,34-35,37,41,44,57H,4-24,27,30-31,33,36,38-40,42-43,45-56H2,1-3H3/b28-25-,29-26-,35-32-,37-34-,44-41-. The Kier molecular flexibility index (Phi) is 52.3. The quantitative estimate of drug-likeness (QED) is 0.0262. The Morgan fingerprint density at radius 1 is 0.303 bits per heavy atom. The molecular formula is C60H106O6. The fourth-order valence-electron chi connectivity index (χ4n) is 7.92. The first-order chi connectivity index (χ1) is 32.5. The Balaban J connectivity index is 4.46. The Bertz CT molecular complexity index is 1200. The zero-order valence-corrected chi connectivity index (χ0v) is 43.7. The van der Waals surface area contributed by atoms with Crippen molar-refractivity contribution in [3.05, 3.63) is 60.8 Å². The highest BCUT2D eigenvalue weighted by atomic mass is 16.6. The molecule has 0 N–H and O–H groups in total. The summed E-state index contributed by atoms with van der Waals surface area (Å²) in [7, 11) is 0. The van der Waals surface area contributed by atoms with Gasteiger partial charge >= 0.3 is 17.9 Å². The van der Waals surface area contributed by atoms with Crippen LogP contribution in [0, 0.1) is 0 Å². The highest BCUT2D eigenvalue weighted by molar-refractivity contribution is 5.71. The van der Waals surface area contributed by atoms with E-state index in [4.69, 9.17) is 14.2 Å². The van der Waals surface area contributed by atoms with Crippen molar-refractivity contribution in [3.8, 4) is 0 Å². The second-order valence-electron chi connectivity index (χ2n) is 18.8. The van der Waals surface area contributed by atoms with Crippen LogP contribution in [0.1, 0.15) is 284 Å². The van der Waals surface area contributed by atoms with Gasteiger partial charge in [0.1, 0.15) is 13.2 Å². The maximum absolute atomic E-state index is 12.8. The third-order valence-corrected chi connectivity index (χ3v) is 12.2. The van der Waals surface area contributed by atoms with Crippen LogP contribution in [0.5, 0.6) is 0 Å². The van der Waals surface area contributed by atoms with Gasteiger partial charge in [-0.3, -0.25) is 14.4 Å². The molecule has 0 aliphatic rings. The Morgan fingerprint density at radius 3 is 0.939 bits per heavy atom. The van der Waals surface area contributed by atoms with Crippen molar-refractivity contribution in [2.75, 3.05) is 13.2 Å². The molecule has 0 fully saturated rings. The summed E-state index contributed by atoms with van der Waals surface area (Å²) in [5.74, 6) is -0.963. The lowest BCUT2D eigenvalue weighted by Crippen LogP contribution is -2.30. The Labute approximate surface area is 409 Å². The molecule has 6 heteroatoms. The largest absolute Gasteiger partial charge is 0.462 e. The van der Waals surface area contributed by atoms with Gasteiger partial charge in [-0.15, -0.1) is 0 Å². The average molecular weight is 924 g/mol. The van der Waals surface area contributed by atoms with E-state index in [1.165, 1.54) is 167 Å². The molecule has 0 amide bonds. The van der Waals surface area contributed by atoms with Crippen LogP contribution in [0.25, 0.3) is 0 Å². The molecule has 0 saturated heterocycles. The van der Waals surface area contributed by atoms with Crippen LogP contribution in [0.3, 0.4) is 0 Å². The monoisotopic (exact) mass is 923 g/mol. The summed E-state index contributed by atoms with van der Waals surface area (Å²) < 4.78 is 16.8. The van der Waals surface area contributed by atoms with Gasteiger partial charge in [-0.05, 0) is 103 Å². The van der Waals surface area contributed by atoms with Crippen molar-refractivity contribution < 1.29 is 28.6 Å². The maximum atomic E-state index is 12.8. The lowest BCUT2D eigenvalue weighted by molar-refractivity contribution is -0.167. The second-order valence-corrected chi connectivity index (χ2v) is 18.8. The molecule has 0 spiro atoms. The van der Waals surface area contributed by atoms with Crippen LogP contribution in [0.2, 0.25) is 0 Å². The highest BCUT2D eigenvalue weighted by Gasteiger charge is 2.19. The number of unbranched alkanes of at least 4 members (excludes halogenated alkanes) is 30. The topological polar surface area (TPSA) is 78.9 Å². The predicted molar refractivity (Wildman–Crippen MR) is 284 cm³/mol. The molecule has 1 unspecified atom stereocenters. The molecule has 382 valence electrons. The smallest absolute Gasteiger partial charge is 0.306 e. The van der Waals surface area contributed by atoms with Crippen molar-refractivity contribution in [1.82, 2.24) is 0 Å². The Morgan fingerprint density at radius 2 is 0.561 bits per heavy atom. The number of hydrogen-bond acceptors (Lipinski definition) is 6. The number of carbonyl (C=O) groups excluding carboxylic acids is 3. The van der Waals surface area contributed by atoms with Gasteiger partial charge in [0.25, 0.3) is 0 Å². The summed E-state index contributed by atoms with van der Waals surface area (Å²) in [6.07, 6.45) is 67.9. The van der Waals surface area contributed by atoms with Gasteiger partial charge in [-0.25, -0.2) is 0 Å². The maximum Gasteiger partial charge on any atom is 0.306 e. The summed E-state index contributed by atoms with van der Waals surface area (Å²) >= 11 is 0. The van der Waals surface area contributed by atoms with E-state index in [1.807, 2.05) is 0 Å². The van der Waals surface area contributed by atoms with E-state index in [1.54, 1.807) is 0 Å². The molecule has 0 aliphatic heterocycles. The van der Waals surface area contributed by atoms with Crippen molar-refractivity contribution in [1.29, 1.82) is 0 Å². The summed E-state index contributed by atoms with van der Waals surface area (Å²) in [5.41, 5.74) is 0. The molecule has 0 aromatic carbocycles. The van der Waals surface area contributed by atoms with Crippen LogP contribution in [0.15, 0.2) is 60.8 Å². The third-order valence-electron chi connectivity index (χ3n) is 12.2. The van der Waals surface area contributed by atoms with Crippen molar-refractivity contribution in [2.45, 2.75) is 290 Å². The van der Waals surface area contributed by atoms with E-state index in [-0.39, 0.29) is 37.5 Å². The van der Waals surface area contributed by atoms with Gasteiger partial charge in [0.15, 0.2) is 6.10 Å². The number of hydrogen-bond donors (Lipinski definition) is 0. The van der Waals surface area contributed by atoms with Crippen LogP contribution in [-0.2, 0) is 28.6 Å². The van der Waals surface area contributed by atoms with E-state index in [0.717, 1.165) is 70.6 Å². The predicted octanol–water partition coefficient (Wildman–Crippen LogP) is 18.8. The molecule has 6 nitrogen and oxygen atoms in total. The zero-order chi connectivity index (χ0) is 47.9. The molecule has 0 saturated carbocycles. The first kappa shape index (κ1) is 63.1. The molecular weight excluding hydrogens is 817 g/mol.